The summed E-state index contributed by atoms with van der Waals surface area (Å²) in [6, 6.07) is -0.0694. The van der Waals surface area contributed by atoms with Gasteiger partial charge in [0.15, 0.2) is 0 Å². The lowest BCUT2D eigenvalue weighted by Gasteiger charge is -2.35. The van der Waals surface area contributed by atoms with Crippen molar-refractivity contribution in [1.29, 1.82) is 0 Å². The maximum atomic E-state index is 13.3. The summed E-state index contributed by atoms with van der Waals surface area (Å²) in [7, 11) is 1.97. The molecule has 2 heterocycles. The molecule has 2 atom stereocenters. The molecule has 18 heavy (non-hydrogen) atoms. The van der Waals surface area contributed by atoms with E-state index in [4.69, 9.17) is 0 Å². The first-order valence-corrected chi connectivity index (χ1v) is 5.85. The minimum Gasteiger partial charge on any atom is -0.492 e. The van der Waals surface area contributed by atoms with Crippen molar-refractivity contribution in [3.63, 3.8) is 0 Å². The molecule has 0 radical (unpaired) electrons. The molecule has 1 aliphatic rings. The summed E-state index contributed by atoms with van der Waals surface area (Å²) in [5.41, 5.74) is -1.95. The fourth-order valence-corrected chi connectivity index (χ4v) is 2.35. The molecule has 0 amide bonds. The first-order valence-electron chi connectivity index (χ1n) is 5.85. The van der Waals surface area contributed by atoms with E-state index in [1.807, 2.05) is 19.0 Å². The second kappa shape index (κ2) is 4.56. The van der Waals surface area contributed by atoms with Crippen LogP contribution in [-0.2, 0) is 0 Å². The zero-order valence-electron chi connectivity index (χ0n) is 10.3. The van der Waals surface area contributed by atoms with E-state index < -0.39 is 22.9 Å². The Labute approximate surface area is 103 Å². The maximum absolute atomic E-state index is 13.3. The molecule has 1 aliphatic heterocycles. The summed E-state index contributed by atoms with van der Waals surface area (Å²) < 4.78 is 14.3. The Hall–Kier alpha value is -1.63. The first kappa shape index (κ1) is 12.8. The zero-order valence-corrected chi connectivity index (χ0v) is 10.3. The normalized spacial score (nSPS) is 25.3. The number of aromatic hydroxyl groups is 1. The molecule has 0 aliphatic carbocycles. The Morgan fingerprint density at radius 3 is 2.72 bits per heavy atom. The minimum atomic E-state index is -1.30. The molecule has 1 aromatic rings. The zero-order chi connectivity index (χ0) is 13.4. The van der Waals surface area contributed by atoms with Crippen molar-refractivity contribution in [3.8, 4) is 5.88 Å². The molecular weight excluding hydrogens is 241 g/mol. The molecule has 1 fully saturated rings. The van der Waals surface area contributed by atoms with Crippen molar-refractivity contribution in [2.75, 3.05) is 13.6 Å². The van der Waals surface area contributed by atoms with E-state index in [0.29, 0.717) is 12.8 Å². The van der Waals surface area contributed by atoms with Crippen LogP contribution in [0.15, 0.2) is 9.59 Å². The van der Waals surface area contributed by atoms with Gasteiger partial charge in [0.1, 0.15) is 0 Å². The van der Waals surface area contributed by atoms with Crippen molar-refractivity contribution in [2.45, 2.75) is 31.8 Å². The van der Waals surface area contributed by atoms with Gasteiger partial charge in [-0.2, -0.15) is 4.39 Å². The van der Waals surface area contributed by atoms with E-state index >= 15 is 0 Å². The van der Waals surface area contributed by atoms with Gasteiger partial charge in [0.05, 0.1) is 0 Å². The van der Waals surface area contributed by atoms with E-state index in [1.165, 1.54) is 0 Å². The van der Waals surface area contributed by atoms with Crippen molar-refractivity contribution >= 4 is 0 Å². The maximum Gasteiger partial charge on any atom is 0.331 e. The van der Waals surface area contributed by atoms with E-state index in [-0.39, 0.29) is 12.1 Å². The predicted molar refractivity (Wildman–Crippen MR) is 63.3 cm³/mol. The molecular formula is C11H16FN3O3. The van der Waals surface area contributed by atoms with Crippen molar-refractivity contribution in [3.05, 3.63) is 26.7 Å². The van der Waals surface area contributed by atoms with Gasteiger partial charge >= 0.3 is 5.69 Å². The molecule has 100 valence electrons. The smallest absolute Gasteiger partial charge is 0.331 e. The van der Waals surface area contributed by atoms with Crippen LogP contribution in [0.25, 0.3) is 0 Å². The van der Waals surface area contributed by atoms with Gasteiger partial charge in [0, 0.05) is 18.6 Å². The average molecular weight is 257 g/mol. The van der Waals surface area contributed by atoms with Gasteiger partial charge in [0.25, 0.3) is 5.56 Å². The van der Waals surface area contributed by atoms with Gasteiger partial charge in [-0.05, 0) is 26.8 Å². The quantitative estimate of drug-likeness (QED) is 0.744. The Balaban J connectivity index is 2.43. The summed E-state index contributed by atoms with van der Waals surface area (Å²) in [4.78, 5) is 26.7. The third-order valence-corrected chi connectivity index (χ3v) is 3.61. The van der Waals surface area contributed by atoms with Crippen molar-refractivity contribution in [1.82, 2.24) is 14.5 Å². The van der Waals surface area contributed by atoms with E-state index in [2.05, 4.69) is 4.90 Å². The van der Waals surface area contributed by atoms with Gasteiger partial charge in [0.2, 0.25) is 11.7 Å². The number of piperidine rings is 1. The number of nitrogens with zero attached hydrogens (tertiary/aromatic N) is 2. The highest BCUT2D eigenvalue weighted by Crippen LogP contribution is 2.27. The van der Waals surface area contributed by atoms with Crippen LogP contribution in [0.3, 0.4) is 0 Å². The van der Waals surface area contributed by atoms with Crippen LogP contribution >= 0.6 is 0 Å². The van der Waals surface area contributed by atoms with Gasteiger partial charge in [-0.1, -0.05) is 0 Å². The van der Waals surface area contributed by atoms with Gasteiger partial charge < -0.3 is 10.0 Å². The second-order valence-corrected chi connectivity index (χ2v) is 4.77. The Kier molecular flexibility index (Phi) is 3.25. The first-order chi connectivity index (χ1) is 8.41. The van der Waals surface area contributed by atoms with Crippen LogP contribution in [0.5, 0.6) is 5.88 Å². The van der Waals surface area contributed by atoms with Crippen LogP contribution < -0.4 is 11.2 Å². The van der Waals surface area contributed by atoms with Gasteiger partial charge in [-0.15, -0.1) is 0 Å². The number of rotatable bonds is 1. The number of likely N-dealkylation sites (tertiary alicyclic amines) is 1. The third-order valence-electron chi connectivity index (χ3n) is 3.61. The van der Waals surface area contributed by atoms with Crippen molar-refractivity contribution in [2.24, 2.45) is 0 Å². The molecule has 1 aromatic heterocycles. The molecule has 0 bridgehead atoms. The lowest BCUT2D eigenvalue weighted by Crippen LogP contribution is -2.42. The lowest BCUT2D eigenvalue weighted by molar-refractivity contribution is 0.147. The number of hydrogen-bond acceptors (Lipinski definition) is 4. The molecule has 0 aromatic carbocycles. The third kappa shape index (κ3) is 2.05. The molecule has 7 heteroatoms. The number of aromatic nitrogens is 2. The summed E-state index contributed by atoms with van der Waals surface area (Å²) in [5.74, 6) is -2.17. The van der Waals surface area contributed by atoms with Crippen LogP contribution in [-0.4, -0.2) is 39.2 Å². The highest BCUT2D eigenvalue weighted by molar-refractivity contribution is 5.11. The van der Waals surface area contributed by atoms with Crippen LogP contribution in [0.4, 0.5) is 4.39 Å². The summed E-state index contributed by atoms with van der Waals surface area (Å²) >= 11 is 0. The van der Waals surface area contributed by atoms with E-state index in [0.717, 1.165) is 11.1 Å². The largest absolute Gasteiger partial charge is 0.492 e. The summed E-state index contributed by atoms with van der Waals surface area (Å²) in [5, 5.41) is 9.62. The van der Waals surface area contributed by atoms with E-state index in [9.17, 15) is 19.1 Å². The van der Waals surface area contributed by atoms with Crippen LogP contribution in [0, 0.1) is 5.82 Å². The Morgan fingerprint density at radius 1 is 1.44 bits per heavy atom. The van der Waals surface area contributed by atoms with Gasteiger partial charge in [-0.3, -0.25) is 14.3 Å². The van der Waals surface area contributed by atoms with Crippen LogP contribution in [0.1, 0.15) is 25.8 Å². The molecule has 0 spiro atoms. The number of aromatic amines is 1. The SMILES string of the molecule is CC1CC(n2c(O)c(F)c(=O)[nH]c2=O)CCN1C. The van der Waals surface area contributed by atoms with Crippen molar-refractivity contribution < 1.29 is 9.50 Å². The summed E-state index contributed by atoms with van der Waals surface area (Å²) in [6.07, 6.45) is 1.25. The molecule has 0 saturated carbocycles. The molecule has 1 saturated heterocycles. The average Bonchev–Trinajstić information content (AvgIpc) is 2.31. The van der Waals surface area contributed by atoms with E-state index in [1.54, 1.807) is 0 Å². The molecule has 2 rings (SSSR count). The molecule has 2 unspecified atom stereocenters. The predicted octanol–water partition coefficient (Wildman–Crippen LogP) is 0.0365. The fourth-order valence-electron chi connectivity index (χ4n) is 2.35. The summed E-state index contributed by atoms with van der Waals surface area (Å²) in [6.45, 7) is 2.74. The van der Waals surface area contributed by atoms with Crippen LogP contribution in [0.2, 0.25) is 0 Å². The highest BCUT2D eigenvalue weighted by Gasteiger charge is 2.28. The Morgan fingerprint density at radius 2 is 2.11 bits per heavy atom. The monoisotopic (exact) mass is 257 g/mol. The number of hydrogen-bond donors (Lipinski definition) is 2. The fraction of sp³-hybridized carbons (Fsp3) is 0.636. The topological polar surface area (TPSA) is 78.3 Å². The molecule has 2 N–H and O–H groups in total. The highest BCUT2D eigenvalue weighted by atomic mass is 19.1. The standard InChI is InChI=1S/C11H16FN3O3/c1-6-5-7(3-4-14(6)2)15-10(17)8(12)9(16)13-11(15)18/h6-7,17H,3-5H2,1-2H3,(H,13,16,18). The molecule has 6 nitrogen and oxygen atoms in total. The number of nitrogens with one attached hydrogen (secondary N) is 1. The second-order valence-electron chi connectivity index (χ2n) is 4.77. The number of halogens is 1. The lowest BCUT2D eigenvalue weighted by atomic mass is 9.99. The minimum absolute atomic E-state index is 0.227. The van der Waals surface area contributed by atoms with Gasteiger partial charge in [-0.25, -0.2) is 4.79 Å². The Bertz CT molecular complexity index is 566. The number of H-pyrrole nitrogens is 1.